The summed E-state index contributed by atoms with van der Waals surface area (Å²) in [7, 11) is 0. The number of rotatable bonds is 4. The highest BCUT2D eigenvalue weighted by Gasteiger charge is 2.13. The molecule has 0 radical (unpaired) electrons. The molecule has 1 aromatic rings. The molecule has 0 aliphatic rings. The van der Waals surface area contributed by atoms with Gasteiger partial charge in [-0.3, -0.25) is 10.00 Å². The highest BCUT2D eigenvalue weighted by Crippen LogP contribution is 2.06. The van der Waals surface area contributed by atoms with Crippen molar-refractivity contribution in [1.82, 2.24) is 15.1 Å². The van der Waals surface area contributed by atoms with E-state index in [0.29, 0.717) is 0 Å². The van der Waals surface area contributed by atoms with Crippen LogP contribution in [0, 0.1) is 19.3 Å². The van der Waals surface area contributed by atoms with Crippen molar-refractivity contribution in [2.75, 3.05) is 0 Å². The average Bonchev–Trinajstić information content (AvgIpc) is 2.56. The molecule has 82 valence electrons. The van der Waals surface area contributed by atoms with Crippen LogP contribution in [0.5, 0.6) is 0 Å². The molecular weight excluding hydrogens is 186 g/mol. The second kappa shape index (κ2) is 4.50. The summed E-state index contributed by atoms with van der Waals surface area (Å²) in [6, 6.07) is 2.09. The molecule has 0 aromatic carbocycles. The summed E-state index contributed by atoms with van der Waals surface area (Å²) in [4.78, 5) is 0. The standard InChI is InChI=1S/C12H19N3/c1-6-12(4,5)13-9-11-8-10(3)14-15(11)7-2/h1,8,13H,7,9H2,2-5H3. The zero-order valence-corrected chi connectivity index (χ0v) is 9.96. The van der Waals surface area contributed by atoms with Gasteiger partial charge in [0.2, 0.25) is 0 Å². The zero-order valence-electron chi connectivity index (χ0n) is 9.96. The van der Waals surface area contributed by atoms with Crippen molar-refractivity contribution < 1.29 is 0 Å². The van der Waals surface area contributed by atoms with E-state index in [0.717, 1.165) is 18.8 Å². The van der Waals surface area contributed by atoms with Crippen molar-refractivity contribution in [2.45, 2.75) is 46.3 Å². The number of nitrogens with one attached hydrogen (secondary N) is 1. The Bertz CT molecular complexity index is 369. The molecule has 0 aliphatic heterocycles. The largest absolute Gasteiger partial charge is 0.296 e. The molecule has 0 amide bonds. The van der Waals surface area contributed by atoms with Gasteiger partial charge in [-0.05, 0) is 33.8 Å². The lowest BCUT2D eigenvalue weighted by molar-refractivity contribution is 0.470. The van der Waals surface area contributed by atoms with Crippen LogP contribution in [0.15, 0.2) is 6.07 Å². The second-order valence-electron chi connectivity index (χ2n) is 4.22. The third-order valence-electron chi connectivity index (χ3n) is 2.36. The molecule has 0 fully saturated rings. The molecule has 0 saturated carbocycles. The van der Waals surface area contributed by atoms with E-state index in [1.165, 1.54) is 5.69 Å². The molecule has 0 aliphatic carbocycles. The Balaban J connectivity index is 2.69. The molecule has 1 aromatic heterocycles. The first kappa shape index (κ1) is 11.8. The fraction of sp³-hybridized carbons (Fsp3) is 0.583. The Kier molecular flexibility index (Phi) is 3.54. The maximum absolute atomic E-state index is 5.41. The summed E-state index contributed by atoms with van der Waals surface area (Å²) >= 11 is 0. The predicted molar refractivity (Wildman–Crippen MR) is 62.4 cm³/mol. The van der Waals surface area contributed by atoms with Gasteiger partial charge >= 0.3 is 0 Å². The Morgan fingerprint density at radius 3 is 2.80 bits per heavy atom. The van der Waals surface area contributed by atoms with E-state index in [1.54, 1.807) is 0 Å². The fourth-order valence-electron chi connectivity index (χ4n) is 1.38. The Morgan fingerprint density at radius 2 is 2.27 bits per heavy atom. The van der Waals surface area contributed by atoms with E-state index in [-0.39, 0.29) is 5.54 Å². The number of hydrogen-bond donors (Lipinski definition) is 1. The van der Waals surface area contributed by atoms with Crippen LogP contribution in [0.25, 0.3) is 0 Å². The van der Waals surface area contributed by atoms with E-state index in [2.05, 4.69) is 29.3 Å². The van der Waals surface area contributed by atoms with Crippen LogP contribution in [0.3, 0.4) is 0 Å². The first-order chi connectivity index (χ1) is 6.98. The van der Waals surface area contributed by atoms with Gasteiger partial charge in [0.1, 0.15) is 0 Å². The molecule has 0 bridgehead atoms. The minimum absolute atomic E-state index is 0.267. The van der Waals surface area contributed by atoms with Crippen molar-refractivity contribution in [2.24, 2.45) is 0 Å². The van der Waals surface area contributed by atoms with Gasteiger partial charge in [-0.25, -0.2) is 0 Å². The lowest BCUT2D eigenvalue weighted by Gasteiger charge is -2.19. The minimum Gasteiger partial charge on any atom is -0.296 e. The van der Waals surface area contributed by atoms with Crippen LogP contribution in [-0.4, -0.2) is 15.3 Å². The van der Waals surface area contributed by atoms with Gasteiger partial charge in [0.25, 0.3) is 0 Å². The molecule has 1 heterocycles. The molecule has 1 rings (SSSR count). The van der Waals surface area contributed by atoms with Crippen LogP contribution in [0.2, 0.25) is 0 Å². The molecule has 0 saturated heterocycles. The van der Waals surface area contributed by atoms with Crippen molar-refractivity contribution in [3.63, 3.8) is 0 Å². The summed E-state index contributed by atoms with van der Waals surface area (Å²) in [5.41, 5.74) is 1.96. The lowest BCUT2D eigenvalue weighted by atomic mass is 10.1. The molecule has 0 atom stereocenters. The summed E-state index contributed by atoms with van der Waals surface area (Å²) in [6.45, 7) is 9.72. The molecule has 3 nitrogen and oxygen atoms in total. The van der Waals surface area contributed by atoms with E-state index < -0.39 is 0 Å². The number of aromatic nitrogens is 2. The molecule has 0 unspecified atom stereocenters. The molecule has 3 heteroatoms. The minimum atomic E-state index is -0.267. The maximum Gasteiger partial charge on any atom is 0.0744 e. The van der Waals surface area contributed by atoms with Crippen LogP contribution in [0.1, 0.15) is 32.2 Å². The van der Waals surface area contributed by atoms with Crippen LogP contribution >= 0.6 is 0 Å². The average molecular weight is 205 g/mol. The third kappa shape index (κ3) is 3.10. The van der Waals surface area contributed by atoms with Crippen molar-refractivity contribution >= 4 is 0 Å². The second-order valence-corrected chi connectivity index (χ2v) is 4.22. The first-order valence-corrected chi connectivity index (χ1v) is 5.24. The number of aryl methyl sites for hydroxylation is 2. The monoisotopic (exact) mass is 205 g/mol. The van der Waals surface area contributed by atoms with Crippen molar-refractivity contribution in [1.29, 1.82) is 0 Å². The van der Waals surface area contributed by atoms with Gasteiger partial charge in [0.05, 0.1) is 16.9 Å². The zero-order chi connectivity index (χ0) is 11.5. The third-order valence-corrected chi connectivity index (χ3v) is 2.36. The maximum atomic E-state index is 5.41. The smallest absolute Gasteiger partial charge is 0.0744 e. The van der Waals surface area contributed by atoms with Gasteiger partial charge in [0.15, 0.2) is 0 Å². The van der Waals surface area contributed by atoms with Crippen LogP contribution in [0.4, 0.5) is 0 Å². The normalized spacial score (nSPS) is 11.4. The number of terminal acetylenes is 1. The van der Waals surface area contributed by atoms with Gasteiger partial charge in [-0.2, -0.15) is 5.10 Å². The van der Waals surface area contributed by atoms with Crippen LogP contribution in [-0.2, 0) is 13.1 Å². The first-order valence-electron chi connectivity index (χ1n) is 5.24. The number of hydrogen-bond acceptors (Lipinski definition) is 2. The molecule has 0 spiro atoms. The highest BCUT2D eigenvalue weighted by molar-refractivity contribution is 5.12. The van der Waals surface area contributed by atoms with Gasteiger partial charge in [-0.15, -0.1) is 6.42 Å². The van der Waals surface area contributed by atoms with Gasteiger partial charge in [-0.1, -0.05) is 5.92 Å². The molecule has 15 heavy (non-hydrogen) atoms. The number of nitrogens with zero attached hydrogens (tertiary/aromatic N) is 2. The SMILES string of the molecule is C#CC(C)(C)NCc1cc(C)nn1CC. The summed E-state index contributed by atoms with van der Waals surface area (Å²) in [5, 5.41) is 7.70. The van der Waals surface area contributed by atoms with Crippen molar-refractivity contribution in [3.05, 3.63) is 17.5 Å². The lowest BCUT2D eigenvalue weighted by Crippen LogP contribution is -2.37. The molecular formula is C12H19N3. The topological polar surface area (TPSA) is 29.9 Å². The van der Waals surface area contributed by atoms with Gasteiger partial charge in [0, 0.05) is 13.1 Å². The Morgan fingerprint density at radius 1 is 1.60 bits per heavy atom. The highest BCUT2D eigenvalue weighted by atomic mass is 15.3. The van der Waals surface area contributed by atoms with E-state index in [4.69, 9.17) is 6.42 Å². The Hall–Kier alpha value is -1.27. The van der Waals surface area contributed by atoms with E-state index in [1.807, 2.05) is 25.5 Å². The van der Waals surface area contributed by atoms with Crippen LogP contribution < -0.4 is 5.32 Å². The fourth-order valence-corrected chi connectivity index (χ4v) is 1.38. The quantitative estimate of drug-likeness (QED) is 0.758. The van der Waals surface area contributed by atoms with E-state index >= 15 is 0 Å². The summed E-state index contributed by atoms with van der Waals surface area (Å²) in [5.74, 6) is 2.72. The predicted octanol–water partition coefficient (Wildman–Crippen LogP) is 1.71. The van der Waals surface area contributed by atoms with Crippen molar-refractivity contribution in [3.8, 4) is 12.3 Å². The Labute approximate surface area is 91.9 Å². The summed E-state index contributed by atoms with van der Waals surface area (Å²) < 4.78 is 1.99. The van der Waals surface area contributed by atoms with E-state index in [9.17, 15) is 0 Å². The van der Waals surface area contributed by atoms with Gasteiger partial charge < -0.3 is 0 Å². The molecule has 1 N–H and O–H groups in total. The summed E-state index contributed by atoms with van der Waals surface area (Å²) in [6.07, 6.45) is 5.41.